The first-order valence-corrected chi connectivity index (χ1v) is 2.85. The van der Waals surface area contributed by atoms with Crippen LogP contribution < -0.4 is 16.5 Å². The molecule has 0 amide bonds. The predicted molar refractivity (Wildman–Crippen MR) is 39.2 cm³/mol. The zero-order valence-corrected chi connectivity index (χ0v) is 5.87. The van der Waals surface area contributed by atoms with Crippen molar-refractivity contribution in [1.82, 2.24) is 15.0 Å². The van der Waals surface area contributed by atoms with Crippen LogP contribution in [0.4, 0.5) is 17.8 Å². The second-order valence-corrected chi connectivity index (χ2v) is 1.70. The van der Waals surface area contributed by atoms with Crippen molar-refractivity contribution >= 4 is 17.8 Å². The Morgan fingerprint density at radius 1 is 1.27 bits per heavy atom. The highest BCUT2D eigenvalue weighted by Crippen LogP contribution is 2.03. The van der Waals surface area contributed by atoms with Gasteiger partial charge in [-0.15, -0.1) is 0 Å². The molecule has 0 saturated carbocycles. The van der Waals surface area contributed by atoms with Crippen LogP contribution in [0.3, 0.4) is 0 Å². The Morgan fingerprint density at radius 3 is 2.45 bits per heavy atom. The molecular formula is C4H8N6O. The number of rotatable bonds is 2. The Hall–Kier alpha value is -1.63. The molecule has 60 valence electrons. The van der Waals surface area contributed by atoms with Gasteiger partial charge in [-0.3, -0.25) is 5.21 Å². The monoisotopic (exact) mass is 156 g/mol. The third kappa shape index (κ3) is 1.64. The van der Waals surface area contributed by atoms with E-state index in [0.717, 1.165) is 0 Å². The molecule has 1 rings (SSSR count). The minimum absolute atomic E-state index is 0.0156. The molecule has 0 unspecified atom stereocenters. The van der Waals surface area contributed by atoms with Gasteiger partial charge in [-0.1, -0.05) is 0 Å². The third-order valence-electron chi connectivity index (χ3n) is 0.976. The van der Waals surface area contributed by atoms with E-state index < -0.39 is 0 Å². The summed E-state index contributed by atoms with van der Waals surface area (Å²) in [6.07, 6.45) is 0. The lowest BCUT2D eigenvalue weighted by atomic mass is 10.8. The molecule has 0 aliphatic heterocycles. The minimum Gasteiger partial charge on any atom is -0.368 e. The van der Waals surface area contributed by atoms with Crippen molar-refractivity contribution in [3.8, 4) is 0 Å². The van der Waals surface area contributed by atoms with Gasteiger partial charge in [0.25, 0.3) is 5.95 Å². The molecule has 7 nitrogen and oxygen atoms in total. The summed E-state index contributed by atoms with van der Waals surface area (Å²) in [7, 11) is 1.63. The minimum atomic E-state index is 0.0156. The summed E-state index contributed by atoms with van der Waals surface area (Å²) in [5, 5.41) is 11.0. The van der Waals surface area contributed by atoms with Crippen LogP contribution in [0.1, 0.15) is 0 Å². The van der Waals surface area contributed by atoms with E-state index in [1.165, 1.54) is 0 Å². The summed E-state index contributed by atoms with van der Waals surface area (Å²) in [6.45, 7) is 0. The molecule has 0 aromatic carbocycles. The maximum Gasteiger partial charge on any atom is 0.253 e. The molecule has 0 aliphatic rings. The zero-order chi connectivity index (χ0) is 8.27. The van der Waals surface area contributed by atoms with Crippen LogP contribution in [-0.2, 0) is 0 Å². The van der Waals surface area contributed by atoms with Crippen molar-refractivity contribution in [2.75, 3.05) is 23.6 Å². The SMILES string of the molecule is CNc1nc(N)nc(NO)n1. The second kappa shape index (κ2) is 2.97. The standard InChI is InChI=1S/C4H8N6O/c1-6-3-7-2(5)8-4(9-3)10-11/h11H,1H3,(H4,5,6,7,8,9,10). The van der Waals surface area contributed by atoms with Gasteiger partial charge in [0.05, 0.1) is 0 Å². The lowest BCUT2D eigenvalue weighted by molar-refractivity contribution is 0.382. The van der Waals surface area contributed by atoms with Crippen molar-refractivity contribution in [3.63, 3.8) is 0 Å². The molecular weight excluding hydrogens is 148 g/mol. The van der Waals surface area contributed by atoms with Crippen molar-refractivity contribution in [1.29, 1.82) is 0 Å². The average molecular weight is 156 g/mol. The number of hydrogen-bond acceptors (Lipinski definition) is 7. The summed E-state index contributed by atoms with van der Waals surface area (Å²) < 4.78 is 0. The van der Waals surface area contributed by atoms with E-state index >= 15 is 0 Å². The molecule has 11 heavy (non-hydrogen) atoms. The Balaban J connectivity index is 3.02. The van der Waals surface area contributed by atoms with Gasteiger partial charge in [-0.25, -0.2) is 5.48 Å². The highest BCUT2D eigenvalue weighted by molar-refractivity contribution is 5.37. The lowest BCUT2D eigenvalue weighted by Gasteiger charge is -2.00. The maximum absolute atomic E-state index is 8.40. The molecule has 0 fully saturated rings. The zero-order valence-electron chi connectivity index (χ0n) is 5.87. The first-order chi connectivity index (χ1) is 5.26. The number of nitrogens with two attached hydrogens (primary N) is 1. The van der Waals surface area contributed by atoms with Crippen LogP contribution in [0.25, 0.3) is 0 Å². The molecule has 0 spiro atoms. The molecule has 5 N–H and O–H groups in total. The molecule has 0 atom stereocenters. The van der Waals surface area contributed by atoms with Gasteiger partial charge in [-0.05, 0) is 0 Å². The number of aromatic nitrogens is 3. The molecule has 0 saturated heterocycles. The van der Waals surface area contributed by atoms with Gasteiger partial charge >= 0.3 is 0 Å². The van der Waals surface area contributed by atoms with Crippen LogP contribution in [0.2, 0.25) is 0 Å². The van der Waals surface area contributed by atoms with Crippen molar-refractivity contribution in [3.05, 3.63) is 0 Å². The van der Waals surface area contributed by atoms with Crippen LogP contribution in [0.15, 0.2) is 0 Å². The molecule has 1 aromatic rings. The fourth-order valence-electron chi connectivity index (χ4n) is 0.554. The smallest absolute Gasteiger partial charge is 0.253 e. The summed E-state index contributed by atoms with van der Waals surface area (Å²) >= 11 is 0. The largest absolute Gasteiger partial charge is 0.368 e. The van der Waals surface area contributed by atoms with Gasteiger partial charge < -0.3 is 11.1 Å². The van der Waals surface area contributed by atoms with Crippen molar-refractivity contribution in [2.24, 2.45) is 0 Å². The molecule has 1 aromatic heterocycles. The van der Waals surface area contributed by atoms with Gasteiger partial charge in [-0.2, -0.15) is 15.0 Å². The van der Waals surface area contributed by atoms with Crippen LogP contribution in [0.5, 0.6) is 0 Å². The Bertz CT molecular complexity index is 228. The van der Waals surface area contributed by atoms with E-state index in [9.17, 15) is 0 Å². The highest BCUT2D eigenvalue weighted by Gasteiger charge is 1.99. The van der Waals surface area contributed by atoms with Gasteiger partial charge in [0.2, 0.25) is 11.9 Å². The fourth-order valence-corrected chi connectivity index (χ4v) is 0.554. The van der Waals surface area contributed by atoms with Crippen LogP contribution in [-0.4, -0.2) is 27.2 Å². The van der Waals surface area contributed by atoms with E-state index in [1.807, 2.05) is 0 Å². The number of anilines is 3. The lowest BCUT2D eigenvalue weighted by Crippen LogP contribution is -2.06. The van der Waals surface area contributed by atoms with Gasteiger partial charge in [0.15, 0.2) is 0 Å². The Morgan fingerprint density at radius 2 is 1.91 bits per heavy atom. The van der Waals surface area contributed by atoms with E-state index in [-0.39, 0.29) is 11.9 Å². The molecule has 1 heterocycles. The maximum atomic E-state index is 8.40. The normalized spacial score (nSPS) is 9.27. The second-order valence-electron chi connectivity index (χ2n) is 1.70. The molecule has 0 radical (unpaired) electrons. The van der Waals surface area contributed by atoms with Crippen molar-refractivity contribution < 1.29 is 5.21 Å². The van der Waals surface area contributed by atoms with Crippen molar-refractivity contribution in [2.45, 2.75) is 0 Å². The first-order valence-electron chi connectivity index (χ1n) is 2.85. The number of nitrogens with one attached hydrogen (secondary N) is 2. The van der Waals surface area contributed by atoms with Gasteiger partial charge in [0, 0.05) is 7.05 Å². The summed E-state index contributed by atoms with van der Waals surface area (Å²) in [5.74, 6) is 0.358. The first kappa shape index (κ1) is 7.48. The number of hydrogen-bond donors (Lipinski definition) is 4. The summed E-state index contributed by atoms with van der Waals surface area (Å²) in [5.41, 5.74) is 7.02. The van der Waals surface area contributed by atoms with Gasteiger partial charge in [0.1, 0.15) is 0 Å². The summed E-state index contributed by atoms with van der Waals surface area (Å²) in [6, 6.07) is 0. The van der Waals surface area contributed by atoms with Crippen LogP contribution in [0, 0.1) is 0 Å². The Labute approximate surface area is 62.6 Å². The van der Waals surface area contributed by atoms with E-state index in [1.54, 1.807) is 12.5 Å². The molecule has 7 heteroatoms. The molecule has 0 aliphatic carbocycles. The fraction of sp³-hybridized carbons (Fsp3) is 0.250. The number of nitrogens with zero attached hydrogens (tertiary/aromatic N) is 3. The van der Waals surface area contributed by atoms with E-state index in [0.29, 0.717) is 5.95 Å². The molecule has 0 bridgehead atoms. The predicted octanol–water partition coefficient (Wildman–Crippen LogP) is -0.703. The topological polar surface area (TPSA) is 109 Å². The van der Waals surface area contributed by atoms with E-state index in [4.69, 9.17) is 10.9 Å². The quantitative estimate of drug-likeness (QED) is 0.419. The number of nitrogen functional groups attached to an aromatic ring is 1. The third-order valence-corrected chi connectivity index (χ3v) is 0.976. The van der Waals surface area contributed by atoms with E-state index in [2.05, 4.69) is 20.3 Å². The Kier molecular flexibility index (Phi) is 2.02. The average Bonchev–Trinajstić information content (AvgIpc) is 2.03. The highest BCUT2D eigenvalue weighted by atomic mass is 16.5. The summed E-state index contributed by atoms with van der Waals surface area (Å²) in [4.78, 5) is 10.9. The van der Waals surface area contributed by atoms with Crippen LogP contribution >= 0.6 is 0 Å².